The van der Waals surface area contributed by atoms with Crippen molar-refractivity contribution in [2.75, 3.05) is 46.0 Å². The van der Waals surface area contributed by atoms with E-state index in [9.17, 15) is 4.79 Å². The van der Waals surface area contributed by atoms with Crippen LogP contribution in [0.3, 0.4) is 0 Å². The first kappa shape index (κ1) is 17.4. The summed E-state index contributed by atoms with van der Waals surface area (Å²) in [5.74, 6) is -0.186. The van der Waals surface area contributed by atoms with Crippen LogP contribution in [0.5, 0.6) is 0 Å². The number of rotatable bonds is 7. The third kappa shape index (κ3) is 6.46. The molecule has 1 aliphatic heterocycles. The first-order chi connectivity index (χ1) is 10.8. The lowest BCUT2D eigenvalue weighted by atomic mass is 9.90. The molecule has 5 heteroatoms. The Kier molecular flexibility index (Phi) is 7.91. The van der Waals surface area contributed by atoms with E-state index >= 15 is 0 Å². The average molecular weight is 310 g/mol. The van der Waals surface area contributed by atoms with Crippen molar-refractivity contribution in [1.82, 2.24) is 10.2 Å². The maximum atomic E-state index is 11.4. The molecular formula is C17H30N2O3. The smallest absolute Gasteiger partial charge is 0.330 e. The lowest BCUT2D eigenvalue weighted by Gasteiger charge is -2.28. The quantitative estimate of drug-likeness (QED) is 0.441. The van der Waals surface area contributed by atoms with Gasteiger partial charge in [0.2, 0.25) is 0 Å². The van der Waals surface area contributed by atoms with E-state index in [-0.39, 0.29) is 5.97 Å². The minimum atomic E-state index is -0.186. The van der Waals surface area contributed by atoms with E-state index in [2.05, 4.69) is 10.2 Å². The minimum Gasteiger partial charge on any atom is -0.463 e. The summed E-state index contributed by atoms with van der Waals surface area (Å²) in [7, 11) is 0. The Hall–Kier alpha value is -0.910. The highest BCUT2D eigenvalue weighted by Crippen LogP contribution is 2.23. The van der Waals surface area contributed by atoms with Crippen molar-refractivity contribution in [2.24, 2.45) is 0 Å². The van der Waals surface area contributed by atoms with E-state index in [0.29, 0.717) is 12.6 Å². The molecule has 2 aliphatic rings. The molecule has 0 atom stereocenters. The Morgan fingerprint density at radius 2 is 2.09 bits per heavy atom. The zero-order valence-corrected chi connectivity index (χ0v) is 13.8. The van der Waals surface area contributed by atoms with Gasteiger partial charge in [-0.1, -0.05) is 5.57 Å². The van der Waals surface area contributed by atoms with Gasteiger partial charge in [0, 0.05) is 25.2 Å². The van der Waals surface area contributed by atoms with E-state index in [1.54, 1.807) is 6.08 Å². The number of morpholine rings is 1. The topological polar surface area (TPSA) is 50.8 Å². The number of carbonyl (C=O) groups excluding carboxylic acids is 1. The fraction of sp³-hybridized carbons (Fsp3) is 0.824. The van der Waals surface area contributed by atoms with Crippen LogP contribution in [0.2, 0.25) is 0 Å². The van der Waals surface area contributed by atoms with Crippen molar-refractivity contribution < 1.29 is 14.3 Å². The van der Waals surface area contributed by atoms with Crippen LogP contribution < -0.4 is 5.32 Å². The van der Waals surface area contributed by atoms with Crippen LogP contribution in [0.1, 0.15) is 39.0 Å². The Morgan fingerprint density at radius 3 is 2.77 bits per heavy atom. The summed E-state index contributed by atoms with van der Waals surface area (Å²) in [6.07, 6.45) is 7.17. The molecule has 0 spiro atoms. The summed E-state index contributed by atoms with van der Waals surface area (Å²) in [4.78, 5) is 13.9. The monoisotopic (exact) mass is 310 g/mol. The second-order valence-corrected chi connectivity index (χ2v) is 6.09. The van der Waals surface area contributed by atoms with Crippen molar-refractivity contribution in [3.8, 4) is 0 Å². The maximum Gasteiger partial charge on any atom is 0.330 e. The molecule has 0 amide bonds. The van der Waals surface area contributed by atoms with Crippen molar-refractivity contribution in [3.63, 3.8) is 0 Å². The lowest BCUT2D eigenvalue weighted by Crippen LogP contribution is -2.39. The van der Waals surface area contributed by atoms with Gasteiger partial charge in [0.15, 0.2) is 0 Å². The number of ether oxygens (including phenoxy) is 2. The summed E-state index contributed by atoms with van der Waals surface area (Å²) < 4.78 is 10.3. The van der Waals surface area contributed by atoms with Crippen LogP contribution in [-0.2, 0) is 14.3 Å². The summed E-state index contributed by atoms with van der Waals surface area (Å²) in [5.41, 5.74) is 1.24. The van der Waals surface area contributed by atoms with Crippen LogP contribution in [0, 0.1) is 0 Å². The van der Waals surface area contributed by atoms with E-state index in [4.69, 9.17) is 9.47 Å². The van der Waals surface area contributed by atoms with Crippen molar-refractivity contribution in [3.05, 3.63) is 11.6 Å². The molecule has 2 rings (SSSR count). The van der Waals surface area contributed by atoms with E-state index in [1.165, 1.54) is 12.0 Å². The number of nitrogens with one attached hydrogen (secondary N) is 1. The van der Waals surface area contributed by atoms with Gasteiger partial charge in [-0.15, -0.1) is 0 Å². The van der Waals surface area contributed by atoms with Gasteiger partial charge in [-0.25, -0.2) is 4.79 Å². The molecule has 22 heavy (non-hydrogen) atoms. The van der Waals surface area contributed by atoms with Crippen molar-refractivity contribution in [1.29, 1.82) is 0 Å². The SMILES string of the molecule is CCOC(=O)C=C1CCC(NCCCN2CCOCC2)CC1. The Morgan fingerprint density at radius 1 is 1.36 bits per heavy atom. The third-order valence-corrected chi connectivity index (χ3v) is 4.42. The van der Waals surface area contributed by atoms with Gasteiger partial charge in [0.25, 0.3) is 0 Å². The second-order valence-electron chi connectivity index (χ2n) is 6.09. The average Bonchev–Trinajstić information content (AvgIpc) is 2.54. The Labute approximate surface area is 134 Å². The molecule has 0 bridgehead atoms. The van der Waals surface area contributed by atoms with Crippen LogP contribution in [0.4, 0.5) is 0 Å². The highest BCUT2D eigenvalue weighted by atomic mass is 16.5. The largest absolute Gasteiger partial charge is 0.463 e. The molecule has 0 aromatic rings. The molecule has 126 valence electrons. The normalized spacial score (nSPS) is 23.3. The van der Waals surface area contributed by atoms with Crippen LogP contribution >= 0.6 is 0 Å². The second kappa shape index (κ2) is 9.98. The zero-order valence-electron chi connectivity index (χ0n) is 13.8. The molecule has 1 saturated carbocycles. The minimum absolute atomic E-state index is 0.186. The predicted octanol–water partition coefficient (Wildman–Crippen LogP) is 1.73. The van der Waals surface area contributed by atoms with Gasteiger partial charge in [0.1, 0.15) is 0 Å². The van der Waals surface area contributed by atoms with Crippen LogP contribution in [-0.4, -0.2) is 62.9 Å². The van der Waals surface area contributed by atoms with Gasteiger partial charge in [-0.3, -0.25) is 4.90 Å². The molecule has 0 aromatic heterocycles. The number of esters is 1. The summed E-state index contributed by atoms with van der Waals surface area (Å²) in [6, 6.07) is 0.601. The van der Waals surface area contributed by atoms with Crippen LogP contribution in [0.15, 0.2) is 11.6 Å². The van der Waals surface area contributed by atoms with E-state index < -0.39 is 0 Å². The summed E-state index contributed by atoms with van der Waals surface area (Å²) in [6.45, 7) is 8.45. The first-order valence-corrected chi connectivity index (χ1v) is 8.67. The van der Waals surface area contributed by atoms with Gasteiger partial charge in [-0.2, -0.15) is 0 Å². The number of nitrogens with zero attached hydrogens (tertiary/aromatic N) is 1. The molecule has 1 heterocycles. The summed E-state index contributed by atoms with van der Waals surface area (Å²) in [5, 5.41) is 3.66. The third-order valence-electron chi connectivity index (χ3n) is 4.42. The van der Waals surface area contributed by atoms with E-state index in [0.717, 1.165) is 65.1 Å². The first-order valence-electron chi connectivity index (χ1n) is 8.67. The van der Waals surface area contributed by atoms with Gasteiger partial charge in [0.05, 0.1) is 19.8 Å². The zero-order chi connectivity index (χ0) is 15.6. The highest BCUT2D eigenvalue weighted by Gasteiger charge is 2.17. The predicted molar refractivity (Wildman–Crippen MR) is 86.9 cm³/mol. The number of allylic oxidation sites excluding steroid dienone is 1. The fourth-order valence-corrected chi connectivity index (χ4v) is 3.12. The standard InChI is InChI=1S/C17H30N2O3/c1-2-22-17(20)14-15-4-6-16(7-5-15)18-8-3-9-19-10-12-21-13-11-19/h14,16,18H,2-13H2,1H3. The lowest BCUT2D eigenvalue weighted by molar-refractivity contribution is -0.137. The highest BCUT2D eigenvalue weighted by molar-refractivity contribution is 5.82. The molecule has 1 N–H and O–H groups in total. The molecule has 0 aromatic carbocycles. The maximum absolute atomic E-state index is 11.4. The van der Waals surface area contributed by atoms with Crippen molar-refractivity contribution in [2.45, 2.75) is 45.1 Å². The van der Waals surface area contributed by atoms with Crippen LogP contribution in [0.25, 0.3) is 0 Å². The fourth-order valence-electron chi connectivity index (χ4n) is 3.12. The van der Waals surface area contributed by atoms with Gasteiger partial charge >= 0.3 is 5.97 Å². The van der Waals surface area contributed by atoms with Gasteiger partial charge in [-0.05, 0) is 52.1 Å². The Balaban J connectivity index is 1.54. The molecule has 2 fully saturated rings. The van der Waals surface area contributed by atoms with Gasteiger partial charge < -0.3 is 14.8 Å². The molecule has 5 nitrogen and oxygen atoms in total. The number of carbonyl (C=O) groups is 1. The van der Waals surface area contributed by atoms with Crippen molar-refractivity contribution >= 4 is 5.97 Å². The molecule has 0 unspecified atom stereocenters. The summed E-state index contributed by atoms with van der Waals surface area (Å²) >= 11 is 0. The molecule has 1 aliphatic carbocycles. The molecular weight excluding hydrogens is 280 g/mol. The number of hydrogen-bond donors (Lipinski definition) is 1. The molecule has 0 radical (unpaired) electrons. The molecule has 1 saturated heterocycles. The Bertz CT molecular complexity index is 355. The van der Waals surface area contributed by atoms with E-state index in [1.807, 2.05) is 6.92 Å². The number of hydrogen-bond acceptors (Lipinski definition) is 5.